The summed E-state index contributed by atoms with van der Waals surface area (Å²) in [6.45, 7) is 8.74. The molecule has 12 heavy (non-hydrogen) atoms. The average molecular weight is 188 g/mol. The first-order chi connectivity index (χ1) is 5.57. The lowest BCUT2D eigenvalue weighted by molar-refractivity contribution is 0.228. The van der Waals surface area contributed by atoms with Crippen LogP contribution in [0.15, 0.2) is 0 Å². The average Bonchev–Trinajstić information content (AvgIpc) is 1.96. The summed E-state index contributed by atoms with van der Waals surface area (Å²) in [5.41, 5.74) is 5.44. The maximum absolute atomic E-state index is 5.44. The van der Waals surface area contributed by atoms with E-state index in [2.05, 4.69) is 25.7 Å². The predicted molar refractivity (Wildman–Crippen MR) is 58.4 cm³/mol. The molecule has 0 aliphatic heterocycles. The molecule has 0 unspecified atom stereocenters. The van der Waals surface area contributed by atoms with Crippen LogP contribution in [0.2, 0.25) is 0 Å². The third-order valence-electron chi connectivity index (χ3n) is 1.89. The molecule has 0 bridgehead atoms. The van der Waals surface area contributed by atoms with E-state index in [0.717, 1.165) is 19.5 Å². The van der Waals surface area contributed by atoms with Crippen LogP contribution >= 0.6 is 12.2 Å². The van der Waals surface area contributed by atoms with Crippen molar-refractivity contribution in [3.63, 3.8) is 0 Å². The summed E-state index contributed by atoms with van der Waals surface area (Å²) in [6, 6.07) is 0.597. The Morgan fingerprint density at radius 2 is 2.00 bits per heavy atom. The smallest absolute Gasteiger partial charge is 0.0740 e. The van der Waals surface area contributed by atoms with E-state index in [9.17, 15) is 0 Å². The maximum atomic E-state index is 5.44. The molecule has 0 aromatic heterocycles. The van der Waals surface area contributed by atoms with Crippen molar-refractivity contribution in [2.75, 3.05) is 13.1 Å². The summed E-state index contributed by atoms with van der Waals surface area (Å²) in [6.07, 6.45) is 2.03. The van der Waals surface area contributed by atoms with E-state index in [1.165, 1.54) is 6.42 Å². The number of hydrogen-bond acceptors (Lipinski definition) is 2. The Kier molecular flexibility index (Phi) is 6.30. The van der Waals surface area contributed by atoms with E-state index in [1.54, 1.807) is 0 Å². The normalized spacial score (nSPS) is 11.1. The van der Waals surface area contributed by atoms with Gasteiger partial charge in [0.25, 0.3) is 0 Å². The number of rotatable bonds is 6. The third kappa shape index (κ3) is 5.49. The molecule has 0 aromatic rings. The van der Waals surface area contributed by atoms with Gasteiger partial charge in [0.15, 0.2) is 0 Å². The molecule has 0 aromatic carbocycles. The second-order valence-corrected chi connectivity index (χ2v) is 3.87. The van der Waals surface area contributed by atoms with Crippen molar-refractivity contribution in [1.82, 2.24) is 4.90 Å². The molecule has 0 atom stereocenters. The van der Waals surface area contributed by atoms with Gasteiger partial charge in [-0.05, 0) is 26.8 Å². The van der Waals surface area contributed by atoms with Gasteiger partial charge in [-0.15, -0.1) is 0 Å². The van der Waals surface area contributed by atoms with Crippen LogP contribution in [0, 0.1) is 0 Å². The third-order valence-corrected chi connectivity index (χ3v) is 2.09. The van der Waals surface area contributed by atoms with E-state index in [1.807, 2.05) is 0 Å². The van der Waals surface area contributed by atoms with Gasteiger partial charge in [-0.2, -0.15) is 0 Å². The largest absolute Gasteiger partial charge is 0.393 e. The highest BCUT2D eigenvalue weighted by atomic mass is 32.1. The summed E-state index contributed by atoms with van der Waals surface area (Å²) in [4.78, 5) is 3.02. The Hall–Kier alpha value is -0.150. The fraction of sp³-hybridized carbons (Fsp3) is 0.889. The van der Waals surface area contributed by atoms with Crippen LogP contribution in [0.1, 0.15) is 33.6 Å². The topological polar surface area (TPSA) is 29.3 Å². The summed E-state index contributed by atoms with van der Waals surface area (Å²) >= 11 is 4.84. The minimum atomic E-state index is 0.597. The molecule has 0 aliphatic carbocycles. The Labute approximate surface area is 81.1 Å². The fourth-order valence-electron chi connectivity index (χ4n) is 1.17. The summed E-state index contributed by atoms with van der Waals surface area (Å²) in [7, 11) is 0. The standard InChI is InChI=1S/C9H20N2S/c1-4-6-11(8(2)3)7-5-9(10)12/h8H,4-7H2,1-3H3,(H2,10,12). The van der Waals surface area contributed by atoms with Crippen LogP contribution in [-0.4, -0.2) is 29.0 Å². The quantitative estimate of drug-likeness (QED) is 0.644. The molecule has 0 saturated heterocycles. The highest BCUT2D eigenvalue weighted by Crippen LogP contribution is 2.00. The minimum absolute atomic E-state index is 0.597. The first-order valence-electron chi connectivity index (χ1n) is 4.60. The molecule has 0 aliphatic rings. The van der Waals surface area contributed by atoms with Gasteiger partial charge in [-0.1, -0.05) is 19.1 Å². The van der Waals surface area contributed by atoms with Crippen molar-refractivity contribution >= 4 is 17.2 Å². The van der Waals surface area contributed by atoms with Crippen molar-refractivity contribution in [1.29, 1.82) is 0 Å². The molecule has 2 nitrogen and oxygen atoms in total. The van der Waals surface area contributed by atoms with Crippen molar-refractivity contribution in [2.24, 2.45) is 5.73 Å². The van der Waals surface area contributed by atoms with Gasteiger partial charge in [0.05, 0.1) is 4.99 Å². The molecule has 0 heterocycles. The zero-order valence-electron chi connectivity index (χ0n) is 8.34. The molecule has 72 valence electrons. The van der Waals surface area contributed by atoms with Crippen LogP contribution in [0.4, 0.5) is 0 Å². The molecule has 0 spiro atoms. The Bertz CT molecular complexity index is 134. The number of thiocarbonyl (C=S) groups is 1. The molecule has 0 fully saturated rings. The molecule has 2 N–H and O–H groups in total. The lowest BCUT2D eigenvalue weighted by Crippen LogP contribution is -2.34. The van der Waals surface area contributed by atoms with Gasteiger partial charge >= 0.3 is 0 Å². The fourth-order valence-corrected chi connectivity index (χ4v) is 1.26. The number of nitrogens with zero attached hydrogens (tertiary/aromatic N) is 1. The zero-order valence-corrected chi connectivity index (χ0v) is 9.16. The Morgan fingerprint density at radius 3 is 2.33 bits per heavy atom. The number of hydrogen-bond donors (Lipinski definition) is 1. The first kappa shape index (κ1) is 11.8. The van der Waals surface area contributed by atoms with E-state index in [4.69, 9.17) is 18.0 Å². The van der Waals surface area contributed by atoms with E-state index < -0.39 is 0 Å². The Balaban J connectivity index is 3.70. The van der Waals surface area contributed by atoms with Crippen molar-refractivity contribution in [2.45, 2.75) is 39.7 Å². The molecule has 3 heteroatoms. The zero-order chi connectivity index (χ0) is 9.56. The van der Waals surface area contributed by atoms with Gasteiger partial charge in [-0.25, -0.2) is 0 Å². The van der Waals surface area contributed by atoms with E-state index in [0.29, 0.717) is 11.0 Å². The second-order valence-electron chi connectivity index (χ2n) is 3.35. The van der Waals surface area contributed by atoms with Gasteiger partial charge in [0, 0.05) is 19.0 Å². The van der Waals surface area contributed by atoms with Gasteiger partial charge in [0.2, 0.25) is 0 Å². The van der Waals surface area contributed by atoms with Crippen LogP contribution in [0.5, 0.6) is 0 Å². The molecule has 0 amide bonds. The van der Waals surface area contributed by atoms with E-state index >= 15 is 0 Å². The van der Waals surface area contributed by atoms with Crippen molar-refractivity contribution in [3.05, 3.63) is 0 Å². The van der Waals surface area contributed by atoms with Crippen LogP contribution in [-0.2, 0) is 0 Å². The van der Waals surface area contributed by atoms with E-state index in [-0.39, 0.29) is 0 Å². The van der Waals surface area contributed by atoms with Gasteiger partial charge in [0.1, 0.15) is 0 Å². The highest BCUT2D eigenvalue weighted by molar-refractivity contribution is 7.80. The summed E-state index contributed by atoms with van der Waals surface area (Å²) < 4.78 is 0. The lowest BCUT2D eigenvalue weighted by atomic mass is 10.2. The maximum Gasteiger partial charge on any atom is 0.0740 e. The monoisotopic (exact) mass is 188 g/mol. The SMILES string of the molecule is CCCN(CCC(N)=S)C(C)C. The van der Waals surface area contributed by atoms with Crippen molar-refractivity contribution < 1.29 is 0 Å². The molecule has 0 rings (SSSR count). The van der Waals surface area contributed by atoms with Crippen LogP contribution in [0.25, 0.3) is 0 Å². The van der Waals surface area contributed by atoms with Crippen LogP contribution < -0.4 is 5.73 Å². The van der Waals surface area contributed by atoms with Gasteiger partial charge < -0.3 is 10.6 Å². The molecular formula is C9H20N2S. The second kappa shape index (κ2) is 6.38. The Morgan fingerprint density at radius 1 is 1.42 bits per heavy atom. The van der Waals surface area contributed by atoms with Crippen LogP contribution in [0.3, 0.4) is 0 Å². The highest BCUT2D eigenvalue weighted by Gasteiger charge is 2.07. The van der Waals surface area contributed by atoms with Crippen molar-refractivity contribution in [3.8, 4) is 0 Å². The summed E-state index contributed by atoms with van der Waals surface area (Å²) in [5, 5.41) is 0. The number of nitrogens with two attached hydrogens (primary N) is 1. The van der Waals surface area contributed by atoms with Gasteiger partial charge in [-0.3, -0.25) is 0 Å². The lowest BCUT2D eigenvalue weighted by Gasteiger charge is -2.25. The minimum Gasteiger partial charge on any atom is -0.393 e. The predicted octanol–water partition coefficient (Wildman–Crippen LogP) is 1.78. The first-order valence-corrected chi connectivity index (χ1v) is 5.01. The molecular weight excluding hydrogens is 168 g/mol. The summed E-state index contributed by atoms with van der Waals surface area (Å²) in [5.74, 6) is 0. The molecule has 0 radical (unpaired) electrons. The molecule has 0 saturated carbocycles.